The van der Waals surface area contributed by atoms with Gasteiger partial charge in [-0.25, -0.2) is 4.79 Å². The first-order chi connectivity index (χ1) is 4.70. The van der Waals surface area contributed by atoms with Crippen LogP contribution in [-0.4, -0.2) is 22.8 Å². The Morgan fingerprint density at radius 1 is 1.90 bits per heavy atom. The fourth-order valence-electron chi connectivity index (χ4n) is 0.836. The maximum Gasteiger partial charge on any atom is 0.354 e. The van der Waals surface area contributed by atoms with Gasteiger partial charge in [0.05, 0.1) is 6.04 Å². The number of nitrogens with zero attached hydrogens (tertiary/aromatic N) is 1. The first-order valence-corrected chi connectivity index (χ1v) is 3.18. The molecule has 0 bridgehead atoms. The van der Waals surface area contributed by atoms with E-state index in [9.17, 15) is 4.79 Å². The van der Waals surface area contributed by atoms with Gasteiger partial charge in [0, 0.05) is 0 Å². The second kappa shape index (κ2) is 2.64. The number of carbonyl (C=O) groups is 1. The van der Waals surface area contributed by atoms with E-state index in [0.29, 0.717) is 0 Å². The summed E-state index contributed by atoms with van der Waals surface area (Å²) < 4.78 is 0. The molecule has 0 spiro atoms. The quantitative estimate of drug-likeness (QED) is 0.585. The lowest BCUT2D eigenvalue weighted by atomic mass is 10.1. The standard InChI is InChI=1S/C7H9NO2/c1-5-3-2-4-6(8-5)7(9)10/h2,4-5H,3H2,1H3,(H,9,10). The summed E-state index contributed by atoms with van der Waals surface area (Å²) in [4.78, 5) is 14.2. The summed E-state index contributed by atoms with van der Waals surface area (Å²) in [5, 5.41) is 8.47. The van der Waals surface area contributed by atoms with E-state index >= 15 is 0 Å². The molecule has 0 radical (unpaired) electrons. The van der Waals surface area contributed by atoms with Crippen LogP contribution in [0.25, 0.3) is 0 Å². The highest BCUT2D eigenvalue weighted by molar-refractivity contribution is 6.40. The van der Waals surface area contributed by atoms with Gasteiger partial charge in [-0.1, -0.05) is 6.08 Å². The second-order valence-corrected chi connectivity index (χ2v) is 2.31. The second-order valence-electron chi connectivity index (χ2n) is 2.31. The lowest BCUT2D eigenvalue weighted by molar-refractivity contribution is -0.129. The number of aliphatic carboxylic acids is 1. The first kappa shape index (κ1) is 6.99. The van der Waals surface area contributed by atoms with Crippen LogP contribution in [0, 0.1) is 0 Å². The minimum Gasteiger partial charge on any atom is -0.477 e. The molecular formula is C7H9NO2. The van der Waals surface area contributed by atoms with E-state index in [2.05, 4.69) is 4.99 Å². The number of hydrogen-bond donors (Lipinski definition) is 1. The molecule has 0 aromatic carbocycles. The minimum absolute atomic E-state index is 0.121. The molecule has 3 nitrogen and oxygen atoms in total. The van der Waals surface area contributed by atoms with Crippen molar-refractivity contribution in [1.82, 2.24) is 0 Å². The predicted molar refractivity (Wildman–Crippen MR) is 38.3 cm³/mol. The molecule has 1 rings (SSSR count). The molecule has 1 unspecified atom stereocenters. The molecule has 0 aromatic rings. The van der Waals surface area contributed by atoms with E-state index in [1.165, 1.54) is 0 Å². The van der Waals surface area contributed by atoms with Gasteiger partial charge in [-0.2, -0.15) is 0 Å². The Morgan fingerprint density at radius 2 is 2.60 bits per heavy atom. The molecule has 3 heteroatoms. The third-order valence-electron chi connectivity index (χ3n) is 1.33. The monoisotopic (exact) mass is 139 g/mol. The summed E-state index contributed by atoms with van der Waals surface area (Å²) in [5.41, 5.74) is 0.166. The van der Waals surface area contributed by atoms with Crippen LogP contribution in [0.2, 0.25) is 0 Å². The molecule has 0 aromatic heterocycles. The number of carboxylic acids is 1. The third-order valence-corrected chi connectivity index (χ3v) is 1.33. The lowest BCUT2D eigenvalue weighted by Crippen LogP contribution is -2.16. The van der Waals surface area contributed by atoms with Crippen molar-refractivity contribution >= 4 is 11.7 Å². The zero-order chi connectivity index (χ0) is 7.56. The minimum atomic E-state index is -0.942. The van der Waals surface area contributed by atoms with Gasteiger partial charge in [0.1, 0.15) is 5.71 Å². The van der Waals surface area contributed by atoms with Crippen LogP contribution in [0.3, 0.4) is 0 Å². The molecule has 0 aliphatic carbocycles. The molecule has 0 amide bonds. The molecule has 0 saturated carbocycles. The fourth-order valence-corrected chi connectivity index (χ4v) is 0.836. The average molecular weight is 139 g/mol. The van der Waals surface area contributed by atoms with E-state index in [-0.39, 0.29) is 11.8 Å². The molecule has 1 atom stereocenters. The summed E-state index contributed by atoms with van der Waals surface area (Å²) in [6, 6.07) is 0.121. The Labute approximate surface area is 59.1 Å². The summed E-state index contributed by atoms with van der Waals surface area (Å²) in [6.07, 6.45) is 4.22. The Balaban J connectivity index is 2.76. The number of aliphatic imine (C=N–C) groups is 1. The van der Waals surface area contributed by atoms with Crippen LogP contribution < -0.4 is 0 Å². The van der Waals surface area contributed by atoms with Gasteiger partial charge in [0.15, 0.2) is 0 Å². The van der Waals surface area contributed by atoms with Gasteiger partial charge in [-0.15, -0.1) is 0 Å². The number of hydrogen-bond acceptors (Lipinski definition) is 2. The smallest absolute Gasteiger partial charge is 0.354 e. The average Bonchev–Trinajstić information content (AvgIpc) is 1.88. The highest BCUT2D eigenvalue weighted by atomic mass is 16.4. The predicted octanol–water partition coefficient (Wildman–Crippen LogP) is 0.860. The molecule has 1 aliphatic heterocycles. The third kappa shape index (κ3) is 1.43. The molecule has 0 fully saturated rings. The molecule has 0 saturated heterocycles. The fraction of sp³-hybridized carbons (Fsp3) is 0.429. The number of dihydropyridines is 1. The largest absolute Gasteiger partial charge is 0.477 e. The van der Waals surface area contributed by atoms with Gasteiger partial charge < -0.3 is 5.11 Å². The summed E-state index contributed by atoms with van der Waals surface area (Å²) in [6.45, 7) is 1.90. The highest BCUT2D eigenvalue weighted by Crippen LogP contribution is 2.05. The SMILES string of the molecule is CC1CC=CC(C(=O)O)=N1. The van der Waals surface area contributed by atoms with Crippen molar-refractivity contribution in [2.75, 3.05) is 0 Å². The zero-order valence-electron chi connectivity index (χ0n) is 5.74. The molecule has 1 heterocycles. The zero-order valence-corrected chi connectivity index (χ0v) is 5.74. The molecule has 10 heavy (non-hydrogen) atoms. The van der Waals surface area contributed by atoms with Crippen molar-refractivity contribution < 1.29 is 9.90 Å². The van der Waals surface area contributed by atoms with Crippen molar-refractivity contribution in [3.8, 4) is 0 Å². The van der Waals surface area contributed by atoms with E-state index in [0.717, 1.165) is 6.42 Å². The van der Waals surface area contributed by atoms with Gasteiger partial charge >= 0.3 is 5.97 Å². The summed E-state index contributed by atoms with van der Waals surface area (Å²) in [7, 11) is 0. The Kier molecular flexibility index (Phi) is 1.85. The van der Waals surface area contributed by atoms with Crippen LogP contribution in [0.4, 0.5) is 0 Å². The number of carboxylic acid groups (broad SMARTS) is 1. The molecule has 1 N–H and O–H groups in total. The van der Waals surface area contributed by atoms with Crippen LogP contribution in [0.15, 0.2) is 17.1 Å². The van der Waals surface area contributed by atoms with Gasteiger partial charge in [-0.3, -0.25) is 4.99 Å². The molecular weight excluding hydrogens is 130 g/mol. The lowest BCUT2D eigenvalue weighted by Gasteiger charge is -2.07. The van der Waals surface area contributed by atoms with E-state index < -0.39 is 5.97 Å². The summed E-state index contributed by atoms with van der Waals surface area (Å²) >= 11 is 0. The van der Waals surface area contributed by atoms with E-state index in [1.807, 2.05) is 13.0 Å². The van der Waals surface area contributed by atoms with Crippen molar-refractivity contribution in [3.05, 3.63) is 12.2 Å². The van der Waals surface area contributed by atoms with Crippen molar-refractivity contribution in [1.29, 1.82) is 0 Å². The van der Waals surface area contributed by atoms with Crippen LogP contribution in [0.5, 0.6) is 0 Å². The Bertz CT molecular complexity index is 206. The van der Waals surface area contributed by atoms with Crippen molar-refractivity contribution in [2.24, 2.45) is 4.99 Å². The van der Waals surface area contributed by atoms with Crippen LogP contribution in [-0.2, 0) is 4.79 Å². The van der Waals surface area contributed by atoms with Crippen LogP contribution >= 0.6 is 0 Å². The van der Waals surface area contributed by atoms with Gasteiger partial charge in [0.2, 0.25) is 0 Å². The van der Waals surface area contributed by atoms with Gasteiger partial charge in [-0.05, 0) is 19.4 Å². The summed E-state index contributed by atoms with van der Waals surface area (Å²) in [5.74, 6) is -0.942. The normalized spacial score (nSPS) is 24.1. The van der Waals surface area contributed by atoms with Gasteiger partial charge in [0.25, 0.3) is 0 Å². The van der Waals surface area contributed by atoms with E-state index in [1.54, 1.807) is 6.08 Å². The maximum absolute atomic E-state index is 10.3. The van der Waals surface area contributed by atoms with Crippen molar-refractivity contribution in [2.45, 2.75) is 19.4 Å². The first-order valence-electron chi connectivity index (χ1n) is 3.18. The molecule has 54 valence electrons. The highest BCUT2D eigenvalue weighted by Gasteiger charge is 2.10. The van der Waals surface area contributed by atoms with E-state index in [4.69, 9.17) is 5.11 Å². The topological polar surface area (TPSA) is 49.7 Å². The van der Waals surface area contributed by atoms with Crippen LogP contribution in [0.1, 0.15) is 13.3 Å². The van der Waals surface area contributed by atoms with Crippen molar-refractivity contribution in [3.63, 3.8) is 0 Å². The molecule has 1 aliphatic rings. The number of rotatable bonds is 1. The maximum atomic E-state index is 10.3. The Morgan fingerprint density at radius 3 is 3.00 bits per heavy atom. The Hall–Kier alpha value is -1.12.